The van der Waals surface area contributed by atoms with Gasteiger partial charge in [-0.15, -0.1) is 0 Å². The standard InChI is InChI=1S/C8H10N2O6/c9-5(12)1-2-7(14)16-10-6(13)3-4(11)8(10)15/h4,11H,1-3H2,(H2,9,12). The highest BCUT2D eigenvalue weighted by Gasteiger charge is 2.40. The number of hydroxylamine groups is 2. The molecule has 0 spiro atoms. The molecule has 0 aromatic heterocycles. The average molecular weight is 230 g/mol. The van der Waals surface area contributed by atoms with E-state index in [4.69, 9.17) is 10.8 Å². The molecule has 3 amide bonds. The highest BCUT2D eigenvalue weighted by Crippen LogP contribution is 2.13. The van der Waals surface area contributed by atoms with Crippen molar-refractivity contribution in [1.82, 2.24) is 5.06 Å². The Bertz CT molecular complexity index is 352. The van der Waals surface area contributed by atoms with Crippen LogP contribution >= 0.6 is 0 Å². The number of nitrogens with two attached hydrogens (primary N) is 1. The first kappa shape index (κ1) is 12.1. The number of nitrogens with zero attached hydrogens (tertiary/aromatic N) is 1. The van der Waals surface area contributed by atoms with Gasteiger partial charge in [0.1, 0.15) is 6.10 Å². The first-order valence-corrected chi connectivity index (χ1v) is 4.45. The molecule has 1 heterocycles. The highest BCUT2D eigenvalue weighted by molar-refractivity contribution is 6.04. The van der Waals surface area contributed by atoms with Crippen LogP contribution in [-0.4, -0.2) is 40.0 Å². The number of hydrogen-bond donors (Lipinski definition) is 2. The summed E-state index contributed by atoms with van der Waals surface area (Å²) in [5, 5.41) is 9.19. The fourth-order valence-electron chi connectivity index (χ4n) is 1.06. The van der Waals surface area contributed by atoms with E-state index >= 15 is 0 Å². The predicted octanol–water partition coefficient (Wildman–Crippen LogP) is -2.17. The Hall–Kier alpha value is -1.96. The molecule has 1 aliphatic heterocycles. The Balaban J connectivity index is 2.48. The number of imide groups is 1. The number of carbonyl (C=O) groups excluding carboxylic acids is 4. The molecule has 16 heavy (non-hydrogen) atoms. The zero-order chi connectivity index (χ0) is 12.3. The van der Waals surface area contributed by atoms with Crippen molar-refractivity contribution in [2.24, 2.45) is 5.73 Å². The van der Waals surface area contributed by atoms with Crippen LogP contribution in [0.3, 0.4) is 0 Å². The van der Waals surface area contributed by atoms with Gasteiger partial charge in [-0.2, -0.15) is 0 Å². The minimum atomic E-state index is -1.48. The molecule has 0 radical (unpaired) electrons. The van der Waals surface area contributed by atoms with E-state index in [2.05, 4.69) is 4.84 Å². The summed E-state index contributed by atoms with van der Waals surface area (Å²) < 4.78 is 0. The van der Waals surface area contributed by atoms with Crippen LogP contribution in [0, 0.1) is 0 Å². The highest BCUT2D eigenvalue weighted by atomic mass is 16.7. The number of hydrogen-bond acceptors (Lipinski definition) is 6. The van der Waals surface area contributed by atoms with Gasteiger partial charge in [-0.3, -0.25) is 14.4 Å². The van der Waals surface area contributed by atoms with Crippen molar-refractivity contribution >= 4 is 23.7 Å². The summed E-state index contributed by atoms with van der Waals surface area (Å²) in [5.41, 5.74) is 4.79. The van der Waals surface area contributed by atoms with Crippen LogP contribution in [0.25, 0.3) is 0 Å². The number of rotatable bonds is 4. The Morgan fingerprint density at radius 1 is 1.44 bits per heavy atom. The normalized spacial score (nSPS) is 20.1. The lowest BCUT2D eigenvalue weighted by Gasteiger charge is -2.12. The summed E-state index contributed by atoms with van der Waals surface area (Å²) in [5.74, 6) is -3.42. The lowest BCUT2D eigenvalue weighted by atomic mass is 10.3. The Morgan fingerprint density at radius 2 is 2.06 bits per heavy atom. The summed E-state index contributed by atoms with van der Waals surface area (Å²) in [6.45, 7) is 0. The molecule has 1 saturated heterocycles. The van der Waals surface area contributed by atoms with Crippen molar-refractivity contribution in [2.45, 2.75) is 25.4 Å². The van der Waals surface area contributed by atoms with Gasteiger partial charge in [-0.25, -0.2) is 4.79 Å². The monoisotopic (exact) mass is 230 g/mol. The van der Waals surface area contributed by atoms with Crippen LogP contribution < -0.4 is 5.73 Å². The first-order chi connectivity index (χ1) is 7.41. The zero-order valence-electron chi connectivity index (χ0n) is 8.21. The SMILES string of the molecule is NC(=O)CCC(=O)ON1C(=O)CC(O)C1=O. The van der Waals surface area contributed by atoms with Crippen LogP contribution in [0.4, 0.5) is 0 Å². The third-order valence-electron chi connectivity index (χ3n) is 1.85. The van der Waals surface area contributed by atoms with Gasteiger partial charge in [-0.05, 0) is 0 Å². The molecule has 0 aliphatic carbocycles. The molecule has 8 heteroatoms. The molecule has 8 nitrogen and oxygen atoms in total. The third-order valence-corrected chi connectivity index (χ3v) is 1.85. The molecule has 3 N–H and O–H groups in total. The smallest absolute Gasteiger partial charge is 0.333 e. The largest absolute Gasteiger partial charge is 0.383 e. The van der Waals surface area contributed by atoms with E-state index in [-0.39, 0.29) is 17.9 Å². The molecule has 0 saturated carbocycles. The van der Waals surface area contributed by atoms with E-state index in [1.165, 1.54) is 0 Å². The Morgan fingerprint density at radius 3 is 2.50 bits per heavy atom. The molecular weight excluding hydrogens is 220 g/mol. The van der Waals surface area contributed by atoms with Crippen LogP contribution in [0.2, 0.25) is 0 Å². The molecule has 0 aromatic carbocycles. The van der Waals surface area contributed by atoms with Gasteiger partial charge in [0, 0.05) is 6.42 Å². The van der Waals surface area contributed by atoms with E-state index in [1.54, 1.807) is 0 Å². The van der Waals surface area contributed by atoms with Gasteiger partial charge in [0.05, 0.1) is 12.8 Å². The van der Waals surface area contributed by atoms with Crippen molar-refractivity contribution in [3.8, 4) is 0 Å². The number of primary amides is 1. The van der Waals surface area contributed by atoms with Gasteiger partial charge in [0.2, 0.25) is 5.91 Å². The Labute approximate surface area is 89.9 Å². The van der Waals surface area contributed by atoms with Crippen molar-refractivity contribution in [3.05, 3.63) is 0 Å². The van der Waals surface area contributed by atoms with Crippen LogP contribution in [0.1, 0.15) is 19.3 Å². The van der Waals surface area contributed by atoms with Crippen molar-refractivity contribution in [3.63, 3.8) is 0 Å². The number of aliphatic hydroxyl groups is 1. The van der Waals surface area contributed by atoms with Gasteiger partial charge >= 0.3 is 5.97 Å². The minimum Gasteiger partial charge on any atom is -0.383 e. The Kier molecular flexibility index (Phi) is 3.56. The van der Waals surface area contributed by atoms with Gasteiger partial charge in [0.25, 0.3) is 11.8 Å². The molecule has 0 aromatic rings. The molecule has 1 aliphatic rings. The summed E-state index contributed by atoms with van der Waals surface area (Å²) in [7, 11) is 0. The van der Waals surface area contributed by atoms with Crippen molar-refractivity contribution in [1.29, 1.82) is 0 Å². The maximum absolute atomic E-state index is 11.1. The topological polar surface area (TPSA) is 127 Å². The second-order valence-corrected chi connectivity index (χ2v) is 3.18. The van der Waals surface area contributed by atoms with E-state index in [1.807, 2.05) is 0 Å². The molecule has 1 unspecified atom stereocenters. The van der Waals surface area contributed by atoms with Gasteiger partial charge in [-0.1, -0.05) is 5.06 Å². The first-order valence-electron chi connectivity index (χ1n) is 4.45. The number of amides is 3. The van der Waals surface area contributed by atoms with Gasteiger partial charge in [0.15, 0.2) is 0 Å². The third kappa shape index (κ3) is 2.76. The van der Waals surface area contributed by atoms with E-state index in [0.29, 0.717) is 0 Å². The van der Waals surface area contributed by atoms with E-state index in [0.717, 1.165) is 0 Å². The second-order valence-electron chi connectivity index (χ2n) is 3.18. The fraction of sp³-hybridized carbons (Fsp3) is 0.500. The molecule has 0 bridgehead atoms. The lowest BCUT2D eigenvalue weighted by molar-refractivity contribution is -0.198. The molecular formula is C8H10N2O6. The van der Waals surface area contributed by atoms with Crippen LogP contribution in [0.5, 0.6) is 0 Å². The maximum Gasteiger partial charge on any atom is 0.333 e. The molecule has 1 fully saturated rings. The molecule has 1 rings (SSSR count). The fourth-order valence-corrected chi connectivity index (χ4v) is 1.06. The van der Waals surface area contributed by atoms with Crippen molar-refractivity contribution < 1.29 is 29.1 Å². The predicted molar refractivity (Wildman–Crippen MR) is 47.0 cm³/mol. The number of carbonyl (C=O) groups is 4. The zero-order valence-corrected chi connectivity index (χ0v) is 8.21. The van der Waals surface area contributed by atoms with Gasteiger partial charge < -0.3 is 15.7 Å². The van der Waals surface area contributed by atoms with Crippen LogP contribution in [-0.2, 0) is 24.0 Å². The van der Waals surface area contributed by atoms with Crippen molar-refractivity contribution in [2.75, 3.05) is 0 Å². The minimum absolute atomic E-state index is 0.202. The molecule has 1 atom stereocenters. The quantitative estimate of drug-likeness (QED) is 0.529. The number of aliphatic hydroxyl groups excluding tert-OH is 1. The average Bonchev–Trinajstić information content (AvgIpc) is 2.42. The summed E-state index contributed by atoms with van der Waals surface area (Å²) in [4.78, 5) is 47.9. The summed E-state index contributed by atoms with van der Waals surface area (Å²) in [6, 6.07) is 0. The lowest BCUT2D eigenvalue weighted by Crippen LogP contribution is -2.34. The maximum atomic E-state index is 11.1. The summed E-state index contributed by atoms with van der Waals surface area (Å²) >= 11 is 0. The van der Waals surface area contributed by atoms with Crippen LogP contribution in [0.15, 0.2) is 0 Å². The van der Waals surface area contributed by atoms with E-state index < -0.39 is 36.2 Å². The molecule has 88 valence electrons. The summed E-state index contributed by atoms with van der Waals surface area (Å²) in [6.07, 6.45) is -2.46. The van der Waals surface area contributed by atoms with E-state index in [9.17, 15) is 19.2 Å². The second kappa shape index (κ2) is 4.71.